The van der Waals surface area contributed by atoms with E-state index in [9.17, 15) is 0 Å². The van der Waals surface area contributed by atoms with Crippen LogP contribution in [0.1, 0.15) is 10.4 Å². The van der Waals surface area contributed by atoms with Crippen molar-refractivity contribution >= 4 is 23.5 Å². The molecule has 0 radical (unpaired) electrons. The van der Waals surface area contributed by atoms with Crippen LogP contribution in [0, 0.1) is 0 Å². The molecule has 1 aromatic heterocycles. The maximum absolute atomic E-state index is 3.10. The van der Waals surface area contributed by atoms with Crippen LogP contribution in [-0.4, -0.2) is 0 Å². The van der Waals surface area contributed by atoms with Crippen molar-refractivity contribution in [1.29, 1.82) is 0 Å². The van der Waals surface area contributed by atoms with Gasteiger partial charge in [-0.15, -0.1) is 29.5 Å². The van der Waals surface area contributed by atoms with E-state index in [4.69, 9.17) is 0 Å². The molecule has 2 aromatic carbocycles. The molecule has 0 fully saturated rings. The van der Waals surface area contributed by atoms with Gasteiger partial charge in [-0.1, -0.05) is 0 Å². The summed E-state index contributed by atoms with van der Waals surface area (Å²) < 4.78 is 0. The summed E-state index contributed by atoms with van der Waals surface area (Å²) in [4.78, 5) is 2.68. The molecular weight excluding hydrogens is 327 g/mol. The summed E-state index contributed by atoms with van der Waals surface area (Å²) in [5, 5.41) is 0. The minimum absolute atomic E-state index is 0. The van der Waals surface area contributed by atoms with Crippen LogP contribution < -0.4 is 0 Å². The molecule has 90 valence electrons. The molecule has 0 aliphatic heterocycles. The predicted molar refractivity (Wildman–Crippen MR) is 79.8 cm³/mol. The van der Waals surface area contributed by atoms with Crippen molar-refractivity contribution in [2.45, 2.75) is 0 Å². The Bertz CT molecular complexity index is 620. The third-order valence-electron chi connectivity index (χ3n) is 2.75. The first-order chi connectivity index (χ1) is 8.93. The molecule has 1 aliphatic carbocycles. The zero-order valence-electron chi connectivity index (χ0n) is 10.3. The predicted octanol–water partition coefficient (Wildman–Crippen LogP) is 5.18. The van der Waals surface area contributed by atoms with Crippen molar-refractivity contribution in [2.24, 2.45) is 0 Å². The van der Waals surface area contributed by atoms with Gasteiger partial charge in [-0.3, -0.25) is 0 Å². The Morgan fingerprint density at radius 3 is 2.32 bits per heavy atom. The summed E-state index contributed by atoms with van der Waals surface area (Å²) in [7, 11) is 0. The van der Waals surface area contributed by atoms with Crippen molar-refractivity contribution in [3.8, 4) is 10.4 Å². The molecule has 2 heteroatoms. The number of hydrogen-bond acceptors (Lipinski definition) is 1. The molecule has 0 spiro atoms. The van der Waals surface area contributed by atoms with Gasteiger partial charge in [-0.05, 0) is 22.6 Å². The minimum atomic E-state index is 0. The van der Waals surface area contributed by atoms with Crippen molar-refractivity contribution < 1.29 is 26.2 Å². The average molecular weight is 340 g/mol. The second kappa shape index (κ2) is 6.82. The van der Waals surface area contributed by atoms with Crippen molar-refractivity contribution in [1.82, 2.24) is 0 Å². The third kappa shape index (κ3) is 3.42. The average Bonchev–Trinajstić information content (AvgIpc) is 3.16. The number of rotatable bonds is 1. The Morgan fingerprint density at radius 1 is 1.00 bits per heavy atom. The molecule has 0 bridgehead atoms. The van der Waals surface area contributed by atoms with Gasteiger partial charge in [0.1, 0.15) is 0 Å². The molecule has 1 heterocycles. The normalized spacial score (nSPS) is 10.5. The molecular formula is C17H12SZr. The van der Waals surface area contributed by atoms with Crippen LogP contribution in [0.5, 0.6) is 0 Å². The van der Waals surface area contributed by atoms with E-state index in [1.54, 1.807) is 0 Å². The van der Waals surface area contributed by atoms with Crippen molar-refractivity contribution in [3.63, 3.8) is 0 Å². The Hall–Kier alpha value is -1.20. The number of fused-ring (bicyclic) bond motifs is 1. The van der Waals surface area contributed by atoms with Gasteiger partial charge in [0.2, 0.25) is 0 Å². The van der Waals surface area contributed by atoms with Gasteiger partial charge in [-0.2, -0.15) is 41.7 Å². The van der Waals surface area contributed by atoms with Crippen LogP contribution in [0.4, 0.5) is 0 Å². The first-order valence-corrected chi connectivity index (χ1v) is 6.70. The van der Waals surface area contributed by atoms with E-state index >= 15 is 0 Å². The van der Waals surface area contributed by atoms with E-state index < -0.39 is 0 Å². The van der Waals surface area contributed by atoms with Crippen LogP contribution in [0.3, 0.4) is 0 Å². The van der Waals surface area contributed by atoms with Crippen molar-refractivity contribution in [2.75, 3.05) is 0 Å². The van der Waals surface area contributed by atoms with Gasteiger partial charge >= 0.3 is 26.2 Å². The monoisotopic (exact) mass is 338 g/mol. The minimum Gasteiger partial charge on any atom is -0.214 e. The van der Waals surface area contributed by atoms with Gasteiger partial charge in [0.15, 0.2) is 0 Å². The summed E-state index contributed by atoms with van der Waals surface area (Å²) in [5.41, 5.74) is 5.73. The van der Waals surface area contributed by atoms with Crippen LogP contribution in [-0.2, 0) is 26.2 Å². The summed E-state index contributed by atoms with van der Waals surface area (Å²) in [6.45, 7) is 0. The summed E-state index contributed by atoms with van der Waals surface area (Å²) in [5.74, 6) is 0. The van der Waals surface area contributed by atoms with Crippen LogP contribution in [0.25, 0.3) is 22.6 Å². The first kappa shape index (κ1) is 14.2. The number of thiophene rings is 1. The molecule has 0 N–H and O–H groups in total. The van der Waals surface area contributed by atoms with E-state index in [1.165, 1.54) is 20.9 Å². The van der Waals surface area contributed by atoms with Crippen LogP contribution in [0.2, 0.25) is 0 Å². The molecule has 0 nitrogen and oxygen atoms in total. The van der Waals surface area contributed by atoms with Gasteiger partial charge in [0, 0.05) is 4.88 Å². The fourth-order valence-electron chi connectivity index (χ4n) is 1.85. The topological polar surface area (TPSA) is 0 Å². The summed E-state index contributed by atoms with van der Waals surface area (Å²) >= 11 is 1.83. The van der Waals surface area contributed by atoms with Crippen molar-refractivity contribution in [3.05, 3.63) is 76.8 Å². The van der Waals surface area contributed by atoms with E-state index in [0.29, 0.717) is 0 Å². The molecule has 3 aromatic rings. The Kier molecular flexibility index (Phi) is 5.10. The van der Waals surface area contributed by atoms with Crippen LogP contribution >= 0.6 is 11.3 Å². The zero-order valence-corrected chi connectivity index (χ0v) is 13.6. The standard InChI is InChI=1S/C12H7S.C5H5.Zr/c1-2-5-9(4-1)12-8-10-6-3-7-11(10)13-12;1-2-4-5-3-1;/h1-2,4-8H;1-5H;/q2*-1;+2. The Labute approximate surface area is 136 Å². The first-order valence-electron chi connectivity index (χ1n) is 5.88. The van der Waals surface area contributed by atoms with E-state index in [2.05, 4.69) is 36.1 Å². The SMILES string of the molecule is C1=Cc2cc(-[c-]3cccc3)sc2C=1.[Zr+2].c1cc[cH-]c1. The summed E-state index contributed by atoms with van der Waals surface area (Å²) in [6.07, 6.45) is 4.09. The van der Waals surface area contributed by atoms with E-state index in [0.717, 1.165) is 0 Å². The largest absolute Gasteiger partial charge is 2.00 e. The Morgan fingerprint density at radius 2 is 1.74 bits per heavy atom. The van der Waals surface area contributed by atoms with Gasteiger partial charge < -0.3 is 0 Å². The quantitative estimate of drug-likeness (QED) is 0.331. The fourth-order valence-corrected chi connectivity index (χ4v) is 2.89. The van der Waals surface area contributed by atoms with Crippen LogP contribution in [0.15, 0.2) is 66.4 Å². The molecule has 0 atom stereocenters. The summed E-state index contributed by atoms with van der Waals surface area (Å²) in [6, 6.07) is 20.7. The molecule has 0 amide bonds. The second-order valence-corrected chi connectivity index (χ2v) is 5.11. The molecule has 0 unspecified atom stereocenters. The van der Waals surface area contributed by atoms with Gasteiger partial charge in [0.05, 0.1) is 0 Å². The molecule has 0 saturated carbocycles. The molecule has 0 saturated heterocycles. The Balaban J connectivity index is 0.000000190. The maximum atomic E-state index is 3.10. The number of hydrogen-bond donors (Lipinski definition) is 0. The van der Waals surface area contributed by atoms with E-state index in [-0.39, 0.29) is 26.2 Å². The maximum Gasteiger partial charge on any atom is 2.00 e. The molecule has 1 aliphatic rings. The smallest absolute Gasteiger partial charge is 0.214 e. The van der Waals surface area contributed by atoms with E-state index in [1.807, 2.05) is 53.8 Å². The third-order valence-corrected chi connectivity index (χ3v) is 3.89. The molecule has 19 heavy (non-hydrogen) atoms. The zero-order chi connectivity index (χ0) is 12.2. The molecule has 4 rings (SSSR count). The van der Waals surface area contributed by atoms with Gasteiger partial charge in [0.25, 0.3) is 0 Å². The van der Waals surface area contributed by atoms with Gasteiger partial charge in [-0.25, -0.2) is 12.1 Å². The second-order valence-electron chi connectivity index (χ2n) is 4.02. The fraction of sp³-hybridized carbons (Fsp3) is 0.